The van der Waals surface area contributed by atoms with Crippen molar-refractivity contribution in [3.05, 3.63) is 58.1 Å². The quantitative estimate of drug-likeness (QED) is 0.510. The molecule has 2 saturated carbocycles. The van der Waals surface area contributed by atoms with Crippen LogP contribution in [0.1, 0.15) is 92.0 Å². The number of rotatable bonds is 6. The molecule has 5 rings (SSSR count). The van der Waals surface area contributed by atoms with E-state index in [4.69, 9.17) is 4.74 Å². The summed E-state index contributed by atoms with van der Waals surface area (Å²) in [5, 5.41) is 10.5. The van der Waals surface area contributed by atoms with Crippen LogP contribution in [0.5, 0.6) is 11.5 Å². The van der Waals surface area contributed by atoms with Gasteiger partial charge in [0.2, 0.25) is 0 Å². The first-order valence-corrected chi connectivity index (χ1v) is 13.6. The van der Waals surface area contributed by atoms with Crippen LogP contribution in [0.3, 0.4) is 0 Å². The van der Waals surface area contributed by atoms with E-state index in [1.54, 1.807) is 0 Å². The molecule has 2 aromatic rings. The average molecular weight is 463 g/mol. The lowest BCUT2D eigenvalue weighted by Gasteiger charge is -2.38. The number of aryl methyl sites for hydroxylation is 2. The van der Waals surface area contributed by atoms with E-state index in [0.29, 0.717) is 17.8 Å². The van der Waals surface area contributed by atoms with Gasteiger partial charge in [-0.3, -0.25) is 9.80 Å². The largest absolute Gasteiger partial charge is 0.508 e. The number of phenolic OH excluding ortho intramolecular Hbond substituents is 1. The molecule has 184 valence electrons. The van der Waals surface area contributed by atoms with Crippen molar-refractivity contribution in [2.75, 3.05) is 6.73 Å². The van der Waals surface area contributed by atoms with Crippen molar-refractivity contribution in [2.24, 2.45) is 0 Å². The van der Waals surface area contributed by atoms with Gasteiger partial charge in [-0.15, -0.1) is 0 Å². The second-order valence-electron chi connectivity index (χ2n) is 11.0. The van der Waals surface area contributed by atoms with Crippen molar-refractivity contribution in [3.63, 3.8) is 0 Å². The lowest BCUT2D eigenvalue weighted by molar-refractivity contribution is 0.0398. The van der Waals surface area contributed by atoms with Crippen LogP contribution in [0.4, 0.5) is 0 Å². The van der Waals surface area contributed by atoms with Crippen molar-refractivity contribution in [1.29, 1.82) is 0 Å². The molecule has 2 fully saturated rings. The molecule has 0 spiro atoms. The highest BCUT2D eigenvalue weighted by atomic mass is 16.5. The summed E-state index contributed by atoms with van der Waals surface area (Å²) < 4.78 is 6.36. The fourth-order valence-corrected chi connectivity index (χ4v) is 6.42. The Hall–Kier alpha value is -2.04. The van der Waals surface area contributed by atoms with Gasteiger partial charge in [-0.25, -0.2) is 0 Å². The number of phenols is 1. The van der Waals surface area contributed by atoms with E-state index in [2.05, 4.69) is 41.8 Å². The van der Waals surface area contributed by atoms with Crippen molar-refractivity contribution >= 4 is 0 Å². The number of hydrogen-bond acceptors (Lipinski definition) is 4. The molecule has 0 aromatic heterocycles. The van der Waals surface area contributed by atoms with Gasteiger partial charge >= 0.3 is 0 Å². The number of aromatic hydroxyl groups is 1. The van der Waals surface area contributed by atoms with Gasteiger partial charge in [0, 0.05) is 42.8 Å². The Balaban J connectivity index is 1.35. The lowest BCUT2D eigenvalue weighted by Crippen LogP contribution is -2.41. The zero-order valence-corrected chi connectivity index (χ0v) is 21.2. The van der Waals surface area contributed by atoms with E-state index in [-0.39, 0.29) is 0 Å². The fourth-order valence-electron chi connectivity index (χ4n) is 6.42. The third-order valence-corrected chi connectivity index (χ3v) is 8.42. The molecule has 2 aliphatic carbocycles. The second-order valence-corrected chi connectivity index (χ2v) is 11.0. The molecule has 0 bridgehead atoms. The number of benzene rings is 2. The fraction of sp³-hybridized carbons (Fsp3) is 0.600. The zero-order valence-electron chi connectivity index (χ0n) is 21.2. The van der Waals surface area contributed by atoms with E-state index in [1.807, 2.05) is 12.1 Å². The predicted molar refractivity (Wildman–Crippen MR) is 138 cm³/mol. The molecule has 1 aliphatic heterocycles. The number of hydrogen-bond donors (Lipinski definition) is 1. The second kappa shape index (κ2) is 10.7. The Kier molecular flexibility index (Phi) is 7.46. The Bertz CT molecular complexity index is 976. The molecule has 4 nitrogen and oxygen atoms in total. The standard InChI is InChI=1S/C30H42N2O2/c1-22-13-14-29(33)25(15-22)19-31(26-9-5-3-6-10-26)18-24-16-23(2)28-20-32(21-34-30(28)17-24)27-11-7-4-8-12-27/h13-17,26-27,33H,3-12,18-21H2,1-2H3. The maximum Gasteiger partial charge on any atom is 0.142 e. The minimum absolute atomic E-state index is 0.416. The Labute approximate surface area is 205 Å². The molecule has 3 aliphatic rings. The summed E-state index contributed by atoms with van der Waals surface area (Å²) in [6.45, 7) is 7.81. The van der Waals surface area contributed by atoms with E-state index >= 15 is 0 Å². The minimum Gasteiger partial charge on any atom is -0.508 e. The summed E-state index contributed by atoms with van der Waals surface area (Å²) >= 11 is 0. The predicted octanol–water partition coefficient (Wildman–Crippen LogP) is 6.83. The molecular formula is C30H42N2O2. The van der Waals surface area contributed by atoms with Crippen molar-refractivity contribution in [2.45, 2.75) is 110 Å². The van der Waals surface area contributed by atoms with Crippen LogP contribution in [0.2, 0.25) is 0 Å². The third-order valence-electron chi connectivity index (χ3n) is 8.42. The Morgan fingerprint density at radius 3 is 2.41 bits per heavy atom. The van der Waals surface area contributed by atoms with Gasteiger partial charge in [-0.05, 0) is 62.8 Å². The van der Waals surface area contributed by atoms with Gasteiger partial charge in [0.05, 0.1) is 0 Å². The monoisotopic (exact) mass is 462 g/mol. The molecule has 1 N–H and O–H groups in total. The highest BCUT2D eigenvalue weighted by molar-refractivity contribution is 5.44. The van der Waals surface area contributed by atoms with Crippen molar-refractivity contribution in [3.8, 4) is 11.5 Å². The van der Waals surface area contributed by atoms with E-state index < -0.39 is 0 Å². The van der Waals surface area contributed by atoms with Crippen molar-refractivity contribution < 1.29 is 9.84 Å². The third kappa shape index (κ3) is 5.44. The van der Waals surface area contributed by atoms with Crippen LogP contribution in [0, 0.1) is 13.8 Å². The van der Waals surface area contributed by atoms with Crippen LogP contribution in [-0.4, -0.2) is 33.7 Å². The van der Waals surface area contributed by atoms with E-state index in [1.165, 1.54) is 86.5 Å². The molecule has 0 saturated heterocycles. The number of fused-ring (bicyclic) bond motifs is 1. The molecule has 0 radical (unpaired) electrons. The molecule has 4 heteroatoms. The summed E-state index contributed by atoms with van der Waals surface area (Å²) in [5.74, 6) is 1.50. The van der Waals surface area contributed by atoms with Crippen LogP contribution >= 0.6 is 0 Å². The van der Waals surface area contributed by atoms with Crippen LogP contribution in [0.15, 0.2) is 30.3 Å². The molecule has 0 amide bonds. The summed E-state index contributed by atoms with van der Waals surface area (Å²) in [5.41, 5.74) is 6.31. The molecule has 0 unspecified atom stereocenters. The summed E-state index contributed by atoms with van der Waals surface area (Å²) in [7, 11) is 0. The molecule has 1 heterocycles. The SMILES string of the molecule is Cc1ccc(O)c(CN(Cc2cc(C)c3c(c2)OCN(C2CCCCC2)C3)C2CCCCC2)c1. The van der Waals surface area contributed by atoms with Gasteiger partial charge in [0.15, 0.2) is 0 Å². The van der Waals surface area contributed by atoms with Crippen molar-refractivity contribution in [1.82, 2.24) is 9.80 Å². The van der Waals surface area contributed by atoms with E-state index in [0.717, 1.165) is 37.7 Å². The number of ether oxygens (including phenoxy) is 1. The lowest BCUT2D eigenvalue weighted by atomic mass is 9.92. The minimum atomic E-state index is 0.416. The Morgan fingerprint density at radius 1 is 0.912 bits per heavy atom. The van der Waals surface area contributed by atoms with Gasteiger partial charge in [-0.1, -0.05) is 62.3 Å². The van der Waals surface area contributed by atoms with Crippen LogP contribution in [0.25, 0.3) is 0 Å². The van der Waals surface area contributed by atoms with E-state index in [9.17, 15) is 5.11 Å². The maximum absolute atomic E-state index is 10.5. The maximum atomic E-state index is 10.5. The molecule has 0 atom stereocenters. The highest BCUT2D eigenvalue weighted by Gasteiger charge is 2.28. The topological polar surface area (TPSA) is 35.9 Å². The first-order chi connectivity index (χ1) is 16.6. The van der Waals surface area contributed by atoms with Gasteiger partial charge < -0.3 is 9.84 Å². The zero-order chi connectivity index (χ0) is 23.5. The first-order valence-electron chi connectivity index (χ1n) is 13.6. The first kappa shape index (κ1) is 23.7. The molecular weight excluding hydrogens is 420 g/mol. The van der Waals surface area contributed by atoms with Crippen LogP contribution in [-0.2, 0) is 19.6 Å². The smallest absolute Gasteiger partial charge is 0.142 e. The highest BCUT2D eigenvalue weighted by Crippen LogP contribution is 2.35. The van der Waals surface area contributed by atoms with Gasteiger partial charge in [-0.2, -0.15) is 0 Å². The average Bonchev–Trinajstić information content (AvgIpc) is 2.87. The number of nitrogens with zero attached hydrogens (tertiary/aromatic N) is 2. The summed E-state index contributed by atoms with van der Waals surface area (Å²) in [6.07, 6.45) is 13.2. The normalized spacial score (nSPS) is 20.3. The molecule has 34 heavy (non-hydrogen) atoms. The van der Waals surface area contributed by atoms with Gasteiger partial charge in [0.25, 0.3) is 0 Å². The van der Waals surface area contributed by atoms with Gasteiger partial charge in [0.1, 0.15) is 18.2 Å². The Morgan fingerprint density at radius 2 is 1.65 bits per heavy atom. The summed E-state index contributed by atoms with van der Waals surface area (Å²) in [4.78, 5) is 5.16. The van der Waals surface area contributed by atoms with Crippen LogP contribution < -0.4 is 4.74 Å². The molecule has 2 aromatic carbocycles. The summed E-state index contributed by atoms with van der Waals surface area (Å²) in [6, 6.07) is 11.9.